The molecule has 3 aromatic rings. The summed E-state index contributed by atoms with van der Waals surface area (Å²) in [5.41, 5.74) is 0.961. The number of nitrogens with zero attached hydrogens (tertiary/aromatic N) is 4. The van der Waals surface area contributed by atoms with Crippen LogP contribution in [-0.2, 0) is 7.05 Å². The van der Waals surface area contributed by atoms with Gasteiger partial charge in [-0.2, -0.15) is 9.61 Å². The summed E-state index contributed by atoms with van der Waals surface area (Å²) in [6, 6.07) is 6.25. The van der Waals surface area contributed by atoms with Crippen molar-refractivity contribution in [2.75, 3.05) is 18.4 Å². The second-order valence-electron chi connectivity index (χ2n) is 6.86. The normalized spacial score (nSPS) is 15.2. The number of urea groups is 1. The number of hydrogen-bond donors (Lipinski definition) is 1. The number of nitrogens with one attached hydrogen (secondary N) is 1. The summed E-state index contributed by atoms with van der Waals surface area (Å²) in [7, 11) is 1.88. The van der Waals surface area contributed by atoms with E-state index in [1.165, 1.54) is 15.5 Å². The Labute approximate surface area is 159 Å². The zero-order chi connectivity index (χ0) is 19.8. The molecule has 3 heterocycles. The first-order valence-electron chi connectivity index (χ1n) is 8.99. The van der Waals surface area contributed by atoms with Crippen molar-refractivity contribution in [3.63, 3.8) is 0 Å². The van der Waals surface area contributed by atoms with Crippen molar-refractivity contribution in [1.29, 1.82) is 0 Å². The molecule has 0 saturated carbocycles. The molecule has 0 aliphatic carbocycles. The van der Waals surface area contributed by atoms with Crippen LogP contribution in [0.1, 0.15) is 24.5 Å². The third-order valence-corrected chi connectivity index (χ3v) is 5.23. The zero-order valence-corrected chi connectivity index (χ0v) is 15.2. The first kappa shape index (κ1) is 18.1. The fourth-order valence-corrected chi connectivity index (χ4v) is 3.71. The number of halogens is 2. The van der Waals surface area contributed by atoms with Gasteiger partial charge < -0.3 is 14.8 Å². The second kappa shape index (κ2) is 7.06. The van der Waals surface area contributed by atoms with Gasteiger partial charge in [-0.3, -0.25) is 4.79 Å². The highest BCUT2D eigenvalue weighted by Gasteiger charge is 2.27. The summed E-state index contributed by atoms with van der Waals surface area (Å²) >= 11 is 0. The Bertz CT molecular complexity index is 1080. The molecule has 2 aromatic heterocycles. The van der Waals surface area contributed by atoms with E-state index in [0.29, 0.717) is 31.6 Å². The van der Waals surface area contributed by atoms with Gasteiger partial charge in [-0.15, -0.1) is 0 Å². The van der Waals surface area contributed by atoms with Crippen LogP contribution >= 0.6 is 0 Å². The molecule has 1 aliphatic rings. The van der Waals surface area contributed by atoms with Gasteiger partial charge >= 0.3 is 6.03 Å². The number of aryl methyl sites for hydroxylation is 1. The van der Waals surface area contributed by atoms with Crippen molar-refractivity contribution in [2.24, 2.45) is 7.05 Å². The number of amides is 2. The topological polar surface area (TPSA) is 71.6 Å². The number of aromatic nitrogens is 3. The predicted octanol–water partition coefficient (Wildman–Crippen LogP) is 2.72. The number of para-hydroxylation sites is 1. The van der Waals surface area contributed by atoms with E-state index in [2.05, 4.69) is 10.4 Å². The molecular weight excluding hydrogens is 368 g/mol. The molecule has 0 spiro atoms. The van der Waals surface area contributed by atoms with Crippen LogP contribution in [0.2, 0.25) is 0 Å². The summed E-state index contributed by atoms with van der Waals surface area (Å²) in [6.07, 6.45) is 2.87. The van der Waals surface area contributed by atoms with Crippen LogP contribution in [0, 0.1) is 11.6 Å². The van der Waals surface area contributed by atoms with Crippen molar-refractivity contribution in [3.05, 3.63) is 64.2 Å². The maximum absolute atomic E-state index is 13.7. The SMILES string of the molecule is Cn1c(C2CCN(C(=O)Nc3c(F)cccc3F)CC2)cc(=O)n2nccc12. The molecule has 28 heavy (non-hydrogen) atoms. The molecule has 1 N–H and O–H groups in total. The Balaban J connectivity index is 1.47. The maximum atomic E-state index is 13.7. The number of benzene rings is 1. The average Bonchev–Trinajstić information content (AvgIpc) is 3.19. The standard InChI is InChI=1S/C19H19F2N5O2/c1-24-15(11-17(27)26-16(24)5-8-22-26)12-6-9-25(10-7-12)19(28)23-18-13(20)3-2-4-14(18)21/h2-5,8,11-12H,6-7,9-10H2,1H3,(H,23,28). The lowest BCUT2D eigenvalue weighted by molar-refractivity contribution is 0.193. The Morgan fingerprint density at radius 3 is 2.54 bits per heavy atom. The van der Waals surface area contributed by atoms with E-state index >= 15 is 0 Å². The molecule has 9 heteroatoms. The van der Waals surface area contributed by atoms with Crippen LogP contribution in [0.3, 0.4) is 0 Å². The van der Waals surface area contributed by atoms with Crippen LogP contribution in [0.5, 0.6) is 0 Å². The predicted molar refractivity (Wildman–Crippen MR) is 99.4 cm³/mol. The molecular formula is C19H19F2N5O2. The monoisotopic (exact) mass is 387 g/mol. The van der Waals surface area contributed by atoms with E-state index in [-0.39, 0.29) is 11.5 Å². The van der Waals surface area contributed by atoms with Gasteiger partial charge in [0.1, 0.15) is 23.0 Å². The summed E-state index contributed by atoms with van der Waals surface area (Å²) in [5.74, 6) is -1.52. The van der Waals surface area contributed by atoms with Crippen LogP contribution in [0.15, 0.2) is 41.3 Å². The lowest BCUT2D eigenvalue weighted by Gasteiger charge is -2.33. The number of anilines is 1. The number of rotatable bonds is 2. The van der Waals surface area contributed by atoms with Gasteiger partial charge in [0, 0.05) is 43.9 Å². The minimum atomic E-state index is -0.813. The van der Waals surface area contributed by atoms with E-state index in [1.807, 2.05) is 11.6 Å². The van der Waals surface area contributed by atoms with Crippen LogP contribution in [-0.4, -0.2) is 38.2 Å². The zero-order valence-electron chi connectivity index (χ0n) is 15.2. The Kier molecular flexibility index (Phi) is 4.58. The minimum Gasteiger partial charge on any atom is -0.333 e. The van der Waals surface area contributed by atoms with Gasteiger partial charge in [0.05, 0.1) is 6.20 Å². The number of fused-ring (bicyclic) bond motifs is 1. The van der Waals surface area contributed by atoms with E-state index < -0.39 is 23.4 Å². The molecule has 4 rings (SSSR count). The fourth-order valence-electron chi connectivity index (χ4n) is 3.71. The quantitative estimate of drug-likeness (QED) is 0.735. The van der Waals surface area contributed by atoms with Gasteiger partial charge in [0.2, 0.25) is 0 Å². The molecule has 7 nitrogen and oxygen atoms in total. The number of carbonyl (C=O) groups is 1. The van der Waals surface area contributed by atoms with Crippen molar-refractivity contribution in [2.45, 2.75) is 18.8 Å². The van der Waals surface area contributed by atoms with Crippen LogP contribution < -0.4 is 10.9 Å². The first-order valence-corrected chi connectivity index (χ1v) is 8.99. The minimum absolute atomic E-state index is 0.104. The Hall–Kier alpha value is -3.23. The fraction of sp³-hybridized carbons (Fsp3) is 0.316. The smallest absolute Gasteiger partial charge is 0.322 e. The summed E-state index contributed by atoms with van der Waals surface area (Å²) < 4.78 is 30.7. The summed E-state index contributed by atoms with van der Waals surface area (Å²) in [4.78, 5) is 26.2. The highest BCUT2D eigenvalue weighted by atomic mass is 19.1. The molecule has 1 aromatic carbocycles. The van der Waals surface area contributed by atoms with Crippen LogP contribution in [0.4, 0.5) is 19.3 Å². The number of hydrogen-bond acceptors (Lipinski definition) is 3. The van der Waals surface area contributed by atoms with Gasteiger partial charge in [-0.05, 0) is 25.0 Å². The summed E-state index contributed by atoms with van der Waals surface area (Å²) in [6.45, 7) is 0.844. The molecule has 0 radical (unpaired) electrons. The Morgan fingerprint density at radius 2 is 1.86 bits per heavy atom. The van der Waals surface area contributed by atoms with Gasteiger partial charge in [-0.25, -0.2) is 13.6 Å². The number of likely N-dealkylation sites (tertiary alicyclic amines) is 1. The highest BCUT2D eigenvalue weighted by molar-refractivity contribution is 5.89. The third kappa shape index (κ3) is 3.12. The van der Waals surface area contributed by atoms with E-state index in [9.17, 15) is 18.4 Å². The van der Waals surface area contributed by atoms with E-state index in [0.717, 1.165) is 17.8 Å². The first-order chi connectivity index (χ1) is 13.5. The molecule has 0 atom stereocenters. The molecule has 0 bridgehead atoms. The van der Waals surface area contributed by atoms with Crippen molar-refractivity contribution in [3.8, 4) is 0 Å². The number of piperidine rings is 1. The second-order valence-corrected chi connectivity index (χ2v) is 6.86. The lowest BCUT2D eigenvalue weighted by Crippen LogP contribution is -2.41. The lowest BCUT2D eigenvalue weighted by atomic mass is 9.93. The van der Waals surface area contributed by atoms with Crippen molar-refractivity contribution in [1.82, 2.24) is 19.1 Å². The van der Waals surface area contributed by atoms with Crippen LogP contribution in [0.25, 0.3) is 5.65 Å². The highest BCUT2D eigenvalue weighted by Crippen LogP contribution is 2.28. The molecule has 1 fully saturated rings. The molecule has 146 valence electrons. The van der Waals surface area contributed by atoms with Crippen molar-refractivity contribution < 1.29 is 13.6 Å². The molecule has 0 unspecified atom stereocenters. The van der Waals surface area contributed by atoms with Gasteiger partial charge in [0.15, 0.2) is 0 Å². The molecule has 2 amide bonds. The largest absolute Gasteiger partial charge is 0.333 e. The van der Waals surface area contributed by atoms with Crippen molar-refractivity contribution >= 4 is 17.4 Å². The third-order valence-electron chi connectivity index (χ3n) is 5.23. The molecule has 1 aliphatic heterocycles. The van der Waals surface area contributed by atoms with Gasteiger partial charge in [-0.1, -0.05) is 6.07 Å². The van der Waals surface area contributed by atoms with Gasteiger partial charge in [0.25, 0.3) is 5.56 Å². The summed E-state index contributed by atoms with van der Waals surface area (Å²) in [5, 5.41) is 6.33. The average molecular weight is 387 g/mol. The Morgan fingerprint density at radius 1 is 1.18 bits per heavy atom. The van der Waals surface area contributed by atoms with E-state index in [1.54, 1.807) is 18.3 Å². The molecule has 1 saturated heterocycles. The van der Waals surface area contributed by atoms with E-state index in [4.69, 9.17) is 0 Å². The number of carbonyl (C=O) groups excluding carboxylic acids is 1. The maximum Gasteiger partial charge on any atom is 0.322 e.